The van der Waals surface area contributed by atoms with E-state index in [1.165, 1.54) is 16.7 Å². The Balaban J connectivity index is 2.47. The number of hydrogen-bond donors (Lipinski definition) is 1. The van der Waals surface area contributed by atoms with E-state index in [4.69, 9.17) is 12.2 Å². The Morgan fingerprint density at radius 2 is 2.05 bits per heavy atom. The molecule has 0 saturated carbocycles. The van der Waals surface area contributed by atoms with Gasteiger partial charge in [-0.15, -0.1) is 0 Å². The molecule has 6 heteroatoms. The molecular weight excluding hydrogens is 268 g/mol. The van der Waals surface area contributed by atoms with Gasteiger partial charge in [0.15, 0.2) is 10.6 Å². The van der Waals surface area contributed by atoms with Crippen LogP contribution in [-0.2, 0) is 0 Å². The molecule has 0 radical (unpaired) electrons. The summed E-state index contributed by atoms with van der Waals surface area (Å²) in [6.45, 7) is 1.58. The van der Waals surface area contributed by atoms with Gasteiger partial charge in [-0.3, -0.25) is 9.55 Å². The Hall–Kier alpha value is -2.08. The molecule has 0 bridgehead atoms. The van der Waals surface area contributed by atoms with Crippen LogP contribution in [0, 0.1) is 23.3 Å². The molecule has 3 aromatic rings. The molecule has 0 unspecified atom stereocenters. The van der Waals surface area contributed by atoms with Crippen molar-refractivity contribution in [3.63, 3.8) is 0 Å². The third kappa shape index (κ3) is 1.76. The Kier molecular flexibility index (Phi) is 2.67. The second-order valence-electron chi connectivity index (χ2n) is 4.19. The van der Waals surface area contributed by atoms with Crippen LogP contribution >= 0.6 is 12.2 Å². The van der Waals surface area contributed by atoms with Gasteiger partial charge in [0.2, 0.25) is 0 Å². The minimum atomic E-state index is -0.656. The standard InChI is InChI=1S/C13H9F2N3S/c1-7-2-3-8(14)12(11(7)15)18-10-4-5-16-6-9(10)17-13(18)19/h2-6H,1H3,(H,17,19). The van der Waals surface area contributed by atoms with E-state index in [9.17, 15) is 8.78 Å². The van der Waals surface area contributed by atoms with Crippen molar-refractivity contribution in [1.29, 1.82) is 0 Å². The molecule has 0 amide bonds. The second-order valence-corrected chi connectivity index (χ2v) is 4.57. The molecule has 0 atom stereocenters. The number of rotatable bonds is 1. The molecule has 3 rings (SSSR count). The molecule has 96 valence electrons. The lowest BCUT2D eigenvalue weighted by molar-refractivity contribution is 0.564. The Labute approximate surface area is 112 Å². The second kappa shape index (κ2) is 4.24. The van der Waals surface area contributed by atoms with Gasteiger partial charge in [-0.1, -0.05) is 6.07 Å². The van der Waals surface area contributed by atoms with Crippen LogP contribution in [0.25, 0.3) is 16.7 Å². The average molecular weight is 277 g/mol. The highest BCUT2D eigenvalue weighted by atomic mass is 32.1. The van der Waals surface area contributed by atoms with Gasteiger partial charge < -0.3 is 4.98 Å². The molecule has 2 aromatic heterocycles. The SMILES string of the molecule is Cc1ccc(F)c(-n2c(=S)[nH]c3cnccc32)c1F. The zero-order valence-corrected chi connectivity index (χ0v) is 10.8. The minimum Gasteiger partial charge on any atom is -0.329 e. The third-order valence-corrected chi connectivity index (χ3v) is 3.25. The van der Waals surface area contributed by atoms with Gasteiger partial charge in [-0.05, 0) is 36.8 Å². The molecule has 19 heavy (non-hydrogen) atoms. The summed E-state index contributed by atoms with van der Waals surface area (Å²) in [5.74, 6) is -1.27. The van der Waals surface area contributed by atoms with E-state index >= 15 is 0 Å². The zero-order chi connectivity index (χ0) is 13.6. The van der Waals surface area contributed by atoms with E-state index in [1.54, 1.807) is 25.4 Å². The number of nitrogens with zero attached hydrogens (tertiary/aromatic N) is 2. The number of imidazole rings is 1. The topological polar surface area (TPSA) is 33.6 Å². The van der Waals surface area contributed by atoms with E-state index in [0.29, 0.717) is 16.6 Å². The molecule has 0 fully saturated rings. The first-order valence-corrected chi connectivity index (χ1v) is 6.00. The smallest absolute Gasteiger partial charge is 0.182 e. The Morgan fingerprint density at radius 1 is 1.26 bits per heavy atom. The van der Waals surface area contributed by atoms with Gasteiger partial charge in [-0.2, -0.15) is 0 Å². The molecule has 0 spiro atoms. The average Bonchev–Trinajstić information content (AvgIpc) is 2.72. The molecular formula is C13H9F2N3S. The molecule has 1 aromatic carbocycles. The number of H-pyrrole nitrogens is 1. The van der Waals surface area contributed by atoms with E-state index in [2.05, 4.69) is 9.97 Å². The summed E-state index contributed by atoms with van der Waals surface area (Å²) in [5.41, 5.74) is 1.42. The molecule has 0 aliphatic rings. The van der Waals surface area contributed by atoms with Crippen LogP contribution in [0.1, 0.15) is 5.56 Å². The fraction of sp³-hybridized carbons (Fsp3) is 0.0769. The normalized spacial score (nSPS) is 11.1. The first-order chi connectivity index (χ1) is 9.09. The molecule has 1 N–H and O–H groups in total. The minimum absolute atomic E-state index is 0.164. The van der Waals surface area contributed by atoms with Crippen LogP contribution in [0.3, 0.4) is 0 Å². The largest absolute Gasteiger partial charge is 0.329 e. The van der Waals surface area contributed by atoms with Gasteiger partial charge >= 0.3 is 0 Å². The summed E-state index contributed by atoms with van der Waals surface area (Å²) in [7, 11) is 0. The number of aromatic nitrogens is 3. The lowest BCUT2D eigenvalue weighted by Gasteiger charge is -2.09. The molecule has 3 nitrogen and oxygen atoms in total. The summed E-state index contributed by atoms with van der Waals surface area (Å²) in [6, 6.07) is 4.28. The molecule has 0 aliphatic heterocycles. The Bertz CT molecular complexity index is 836. The number of aryl methyl sites for hydroxylation is 1. The lowest BCUT2D eigenvalue weighted by Crippen LogP contribution is -2.03. The van der Waals surface area contributed by atoms with Crippen LogP contribution in [-0.4, -0.2) is 14.5 Å². The summed E-state index contributed by atoms with van der Waals surface area (Å²) >= 11 is 5.14. The first-order valence-electron chi connectivity index (χ1n) is 5.59. The zero-order valence-electron chi connectivity index (χ0n) is 9.95. The maximum absolute atomic E-state index is 14.2. The van der Waals surface area contributed by atoms with Crippen molar-refractivity contribution in [1.82, 2.24) is 14.5 Å². The highest BCUT2D eigenvalue weighted by molar-refractivity contribution is 7.71. The highest BCUT2D eigenvalue weighted by Crippen LogP contribution is 2.25. The lowest BCUT2D eigenvalue weighted by atomic mass is 10.2. The van der Waals surface area contributed by atoms with Crippen molar-refractivity contribution < 1.29 is 8.78 Å². The van der Waals surface area contributed by atoms with Crippen molar-refractivity contribution in [3.8, 4) is 5.69 Å². The van der Waals surface area contributed by atoms with Crippen LogP contribution in [0.4, 0.5) is 8.78 Å². The van der Waals surface area contributed by atoms with E-state index in [1.807, 2.05) is 0 Å². The van der Waals surface area contributed by atoms with Crippen LogP contribution in [0.15, 0.2) is 30.6 Å². The number of nitrogens with one attached hydrogen (secondary N) is 1. The summed E-state index contributed by atoms with van der Waals surface area (Å²) < 4.78 is 29.7. The van der Waals surface area contributed by atoms with Gasteiger partial charge in [0.25, 0.3) is 0 Å². The number of hydrogen-bond acceptors (Lipinski definition) is 2. The molecule has 0 saturated heterocycles. The number of fused-ring (bicyclic) bond motifs is 1. The highest BCUT2D eigenvalue weighted by Gasteiger charge is 2.17. The van der Waals surface area contributed by atoms with Crippen molar-refractivity contribution in [3.05, 3.63) is 52.6 Å². The first kappa shape index (κ1) is 12.0. The van der Waals surface area contributed by atoms with Gasteiger partial charge in [0, 0.05) is 6.20 Å². The predicted octanol–water partition coefficient (Wildman–Crippen LogP) is 3.67. The number of pyridine rings is 1. The summed E-state index contributed by atoms with van der Waals surface area (Å²) in [5, 5.41) is 0. The van der Waals surface area contributed by atoms with Crippen LogP contribution in [0.2, 0.25) is 0 Å². The number of benzene rings is 1. The third-order valence-electron chi connectivity index (χ3n) is 2.97. The molecule has 2 heterocycles. The van der Waals surface area contributed by atoms with Crippen molar-refractivity contribution in [2.24, 2.45) is 0 Å². The maximum Gasteiger partial charge on any atom is 0.182 e. The van der Waals surface area contributed by atoms with Gasteiger partial charge in [-0.25, -0.2) is 8.78 Å². The number of halogens is 2. The van der Waals surface area contributed by atoms with Gasteiger partial charge in [0.1, 0.15) is 11.5 Å². The molecule has 0 aliphatic carbocycles. The maximum atomic E-state index is 14.2. The van der Waals surface area contributed by atoms with Crippen LogP contribution < -0.4 is 0 Å². The monoisotopic (exact) mass is 277 g/mol. The van der Waals surface area contributed by atoms with Crippen molar-refractivity contribution in [2.75, 3.05) is 0 Å². The predicted molar refractivity (Wildman–Crippen MR) is 70.9 cm³/mol. The fourth-order valence-electron chi connectivity index (χ4n) is 2.03. The quantitative estimate of drug-likeness (QED) is 0.688. The Morgan fingerprint density at radius 3 is 2.84 bits per heavy atom. The summed E-state index contributed by atoms with van der Waals surface area (Å²) in [6.07, 6.45) is 3.11. The van der Waals surface area contributed by atoms with Crippen molar-refractivity contribution in [2.45, 2.75) is 6.92 Å². The van der Waals surface area contributed by atoms with E-state index in [-0.39, 0.29) is 10.5 Å². The van der Waals surface area contributed by atoms with Gasteiger partial charge in [0.05, 0.1) is 17.2 Å². The fourth-order valence-corrected chi connectivity index (χ4v) is 2.33. The number of aromatic amines is 1. The summed E-state index contributed by atoms with van der Waals surface area (Å²) in [4.78, 5) is 6.83. The van der Waals surface area contributed by atoms with Crippen molar-refractivity contribution >= 4 is 23.3 Å². The van der Waals surface area contributed by atoms with E-state index < -0.39 is 11.6 Å². The van der Waals surface area contributed by atoms with Crippen LogP contribution in [0.5, 0.6) is 0 Å². The van der Waals surface area contributed by atoms with E-state index in [0.717, 1.165) is 0 Å².